The maximum absolute atomic E-state index is 13.4. The van der Waals surface area contributed by atoms with Gasteiger partial charge >= 0.3 is 0 Å². The van der Waals surface area contributed by atoms with Gasteiger partial charge < -0.3 is 9.80 Å². The largest absolute Gasteiger partial charge is 0.354 e. The summed E-state index contributed by atoms with van der Waals surface area (Å²) in [5.74, 6) is 1.01. The van der Waals surface area contributed by atoms with Gasteiger partial charge in [0.2, 0.25) is 16.0 Å². The Kier molecular flexibility index (Phi) is 5.45. The summed E-state index contributed by atoms with van der Waals surface area (Å²) in [5.41, 5.74) is 0. The van der Waals surface area contributed by atoms with Crippen molar-refractivity contribution in [2.75, 3.05) is 49.1 Å². The van der Waals surface area contributed by atoms with E-state index >= 15 is 0 Å². The van der Waals surface area contributed by atoms with Crippen molar-refractivity contribution in [3.05, 3.63) is 42.3 Å². The summed E-state index contributed by atoms with van der Waals surface area (Å²) >= 11 is 0. The topological polar surface area (TPSA) is 69.6 Å². The fourth-order valence-electron chi connectivity index (χ4n) is 3.70. The molecule has 2 aliphatic rings. The lowest BCUT2D eigenvalue weighted by Crippen LogP contribution is -2.49. The zero-order valence-electron chi connectivity index (χ0n) is 15.7. The fourth-order valence-corrected chi connectivity index (χ4v) is 5.15. The minimum Gasteiger partial charge on any atom is -0.354 e. The molecule has 1 aromatic heterocycles. The Balaban J connectivity index is 1.44. The first-order chi connectivity index (χ1) is 13.5. The fraction of sp³-hybridized carbons (Fsp3) is 0.474. The maximum Gasteiger partial charge on any atom is 0.243 e. The Morgan fingerprint density at radius 1 is 0.893 bits per heavy atom. The predicted octanol–water partition coefficient (Wildman–Crippen LogP) is 2.12. The smallest absolute Gasteiger partial charge is 0.243 e. The molecule has 2 fully saturated rings. The highest BCUT2D eigenvalue weighted by Crippen LogP contribution is 2.22. The second-order valence-electron chi connectivity index (χ2n) is 7.11. The van der Waals surface area contributed by atoms with Crippen molar-refractivity contribution < 1.29 is 12.8 Å². The van der Waals surface area contributed by atoms with Gasteiger partial charge in [-0.15, -0.1) is 0 Å². The Labute approximate surface area is 164 Å². The van der Waals surface area contributed by atoms with Crippen molar-refractivity contribution >= 4 is 21.8 Å². The molecule has 2 aromatic rings. The molecule has 0 saturated carbocycles. The molecule has 0 atom stereocenters. The van der Waals surface area contributed by atoms with Gasteiger partial charge in [-0.3, -0.25) is 0 Å². The van der Waals surface area contributed by atoms with Gasteiger partial charge in [-0.1, -0.05) is 6.07 Å². The normalized spacial score (nSPS) is 19.0. The summed E-state index contributed by atoms with van der Waals surface area (Å²) < 4.78 is 40.3. The monoisotopic (exact) mass is 405 g/mol. The van der Waals surface area contributed by atoms with Crippen LogP contribution in [0.5, 0.6) is 0 Å². The van der Waals surface area contributed by atoms with Crippen LogP contribution < -0.4 is 9.80 Å². The first-order valence-corrected chi connectivity index (χ1v) is 11.1. The van der Waals surface area contributed by atoms with Gasteiger partial charge in [0.05, 0.1) is 4.90 Å². The molecule has 0 amide bonds. The average Bonchev–Trinajstić information content (AvgIpc) is 2.74. The molecule has 28 heavy (non-hydrogen) atoms. The SMILES string of the molecule is O=S(=O)(c1cccc(F)c1)N1CCN(c2ccnc(N3CCCCC3)n2)CC1. The van der Waals surface area contributed by atoms with E-state index in [0.717, 1.165) is 43.8 Å². The van der Waals surface area contributed by atoms with Crippen LogP contribution >= 0.6 is 0 Å². The number of piperazine rings is 1. The van der Waals surface area contributed by atoms with Crippen LogP contribution in [-0.4, -0.2) is 62.0 Å². The van der Waals surface area contributed by atoms with Crippen molar-refractivity contribution in [2.45, 2.75) is 24.2 Å². The lowest BCUT2D eigenvalue weighted by atomic mass is 10.1. The average molecular weight is 405 g/mol. The number of anilines is 2. The van der Waals surface area contributed by atoms with Crippen molar-refractivity contribution in [1.29, 1.82) is 0 Å². The second-order valence-corrected chi connectivity index (χ2v) is 9.05. The van der Waals surface area contributed by atoms with E-state index in [0.29, 0.717) is 26.2 Å². The number of aromatic nitrogens is 2. The van der Waals surface area contributed by atoms with Gasteiger partial charge in [0.25, 0.3) is 0 Å². The summed E-state index contributed by atoms with van der Waals surface area (Å²) in [6, 6.07) is 7.02. The van der Waals surface area contributed by atoms with E-state index in [1.54, 1.807) is 6.20 Å². The minimum absolute atomic E-state index is 0.00429. The zero-order valence-corrected chi connectivity index (χ0v) is 16.5. The maximum atomic E-state index is 13.4. The number of benzene rings is 1. The molecule has 3 heterocycles. The number of rotatable bonds is 4. The Morgan fingerprint density at radius 3 is 2.36 bits per heavy atom. The van der Waals surface area contributed by atoms with Crippen LogP contribution in [0.3, 0.4) is 0 Å². The van der Waals surface area contributed by atoms with Crippen LogP contribution in [0.15, 0.2) is 41.4 Å². The molecular formula is C19H24FN5O2S. The molecule has 0 N–H and O–H groups in total. The summed E-state index contributed by atoms with van der Waals surface area (Å²) in [6.45, 7) is 3.69. The van der Waals surface area contributed by atoms with Crippen molar-refractivity contribution in [2.24, 2.45) is 0 Å². The third-order valence-electron chi connectivity index (χ3n) is 5.26. The van der Waals surface area contributed by atoms with E-state index in [2.05, 4.69) is 14.8 Å². The first-order valence-electron chi connectivity index (χ1n) is 9.63. The van der Waals surface area contributed by atoms with Crippen molar-refractivity contribution in [1.82, 2.24) is 14.3 Å². The highest BCUT2D eigenvalue weighted by molar-refractivity contribution is 7.89. The van der Waals surface area contributed by atoms with E-state index in [1.807, 2.05) is 6.07 Å². The standard InChI is InChI=1S/C19H24FN5O2S/c20-16-5-4-6-17(15-16)28(26,27)25-13-11-23(12-14-25)18-7-8-21-19(22-18)24-9-2-1-3-10-24/h4-8,15H,1-3,9-14H2. The van der Waals surface area contributed by atoms with Crippen molar-refractivity contribution in [3.8, 4) is 0 Å². The van der Waals surface area contributed by atoms with Gasteiger partial charge in [0, 0.05) is 45.5 Å². The Hall–Kier alpha value is -2.26. The van der Waals surface area contributed by atoms with Gasteiger partial charge in [-0.2, -0.15) is 9.29 Å². The molecule has 1 aromatic carbocycles. The lowest BCUT2D eigenvalue weighted by Gasteiger charge is -2.35. The van der Waals surface area contributed by atoms with E-state index < -0.39 is 15.8 Å². The molecule has 0 unspecified atom stereocenters. The van der Waals surface area contributed by atoms with E-state index in [9.17, 15) is 12.8 Å². The lowest BCUT2D eigenvalue weighted by molar-refractivity contribution is 0.383. The third kappa shape index (κ3) is 3.95. The zero-order chi connectivity index (χ0) is 19.6. The molecule has 0 aliphatic carbocycles. The summed E-state index contributed by atoms with van der Waals surface area (Å²) in [7, 11) is -3.69. The molecule has 2 saturated heterocycles. The predicted molar refractivity (Wildman–Crippen MR) is 105 cm³/mol. The molecule has 7 nitrogen and oxygen atoms in total. The van der Waals surface area contributed by atoms with E-state index in [-0.39, 0.29) is 4.90 Å². The number of piperidine rings is 1. The van der Waals surface area contributed by atoms with Gasteiger partial charge in [0.15, 0.2) is 0 Å². The van der Waals surface area contributed by atoms with Crippen LogP contribution in [0, 0.1) is 5.82 Å². The molecule has 0 spiro atoms. The van der Waals surface area contributed by atoms with Gasteiger partial charge in [0.1, 0.15) is 11.6 Å². The summed E-state index contributed by atoms with van der Waals surface area (Å²) in [6.07, 6.45) is 5.33. The summed E-state index contributed by atoms with van der Waals surface area (Å²) in [5, 5.41) is 0. The number of sulfonamides is 1. The quantitative estimate of drug-likeness (QED) is 0.776. The molecule has 0 radical (unpaired) electrons. The second kappa shape index (κ2) is 8.00. The van der Waals surface area contributed by atoms with E-state index in [4.69, 9.17) is 4.98 Å². The third-order valence-corrected chi connectivity index (χ3v) is 7.16. The summed E-state index contributed by atoms with van der Waals surface area (Å²) in [4.78, 5) is 13.4. The highest BCUT2D eigenvalue weighted by atomic mass is 32.2. The van der Waals surface area contributed by atoms with E-state index in [1.165, 1.54) is 28.9 Å². The van der Waals surface area contributed by atoms with Crippen LogP contribution in [-0.2, 0) is 10.0 Å². The van der Waals surface area contributed by atoms with Crippen molar-refractivity contribution in [3.63, 3.8) is 0 Å². The molecule has 9 heteroatoms. The van der Waals surface area contributed by atoms with Gasteiger partial charge in [-0.25, -0.2) is 17.8 Å². The number of hydrogen-bond acceptors (Lipinski definition) is 6. The minimum atomic E-state index is -3.69. The van der Waals surface area contributed by atoms with Crippen LogP contribution in [0.2, 0.25) is 0 Å². The molecule has 0 bridgehead atoms. The molecule has 2 aliphatic heterocycles. The molecule has 150 valence electrons. The first kappa shape index (κ1) is 19.1. The van der Waals surface area contributed by atoms with Gasteiger partial charge in [-0.05, 0) is 43.5 Å². The van der Waals surface area contributed by atoms with Crippen LogP contribution in [0.1, 0.15) is 19.3 Å². The number of hydrogen-bond donors (Lipinski definition) is 0. The molecular weight excluding hydrogens is 381 g/mol. The molecule has 4 rings (SSSR count). The Bertz CT molecular complexity index is 925. The van der Waals surface area contributed by atoms with Crippen LogP contribution in [0.4, 0.5) is 16.2 Å². The van der Waals surface area contributed by atoms with Crippen LogP contribution in [0.25, 0.3) is 0 Å². The number of halogens is 1. The number of nitrogens with zero attached hydrogens (tertiary/aromatic N) is 5. The highest BCUT2D eigenvalue weighted by Gasteiger charge is 2.29. The Morgan fingerprint density at radius 2 is 1.64 bits per heavy atom.